The van der Waals surface area contributed by atoms with Crippen LogP contribution in [0.4, 0.5) is 0 Å². The third kappa shape index (κ3) is 9.66. The van der Waals surface area contributed by atoms with Crippen LogP contribution in [0.15, 0.2) is 36.4 Å². The summed E-state index contributed by atoms with van der Waals surface area (Å²) in [6, 6.07) is 12.1. The van der Waals surface area contributed by atoms with E-state index in [0.717, 1.165) is 42.3 Å². The molecule has 1 aliphatic rings. The molecule has 4 N–H and O–H groups in total. The van der Waals surface area contributed by atoms with Gasteiger partial charge in [0.1, 0.15) is 12.6 Å². The Morgan fingerprint density at radius 1 is 0.605 bits per heavy atom. The topological polar surface area (TPSA) is 99.4 Å². The fourth-order valence-corrected chi connectivity index (χ4v) is 6.58. The molecule has 0 radical (unpaired) electrons. The lowest BCUT2D eigenvalue weighted by Gasteiger charge is -2.34. The molecule has 3 rings (SSSR count). The van der Waals surface area contributed by atoms with Gasteiger partial charge < -0.3 is 29.6 Å². The van der Waals surface area contributed by atoms with Crippen LogP contribution in [0, 0.1) is 0 Å². The van der Waals surface area contributed by atoms with E-state index in [2.05, 4.69) is 26.0 Å². The van der Waals surface area contributed by atoms with Crippen molar-refractivity contribution in [2.75, 3.05) is 0 Å². The van der Waals surface area contributed by atoms with E-state index in [9.17, 15) is 20.3 Å². The predicted octanol–water partition coefficient (Wildman–Crippen LogP) is 6.32. The van der Waals surface area contributed by atoms with Crippen molar-refractivity contribution in [3.8, 4) is 11.1 Å². The average molecular weight is 594 g/mol. The van der Waals surface area contributed by atoms with E-state index >= 15 is 0 Å². The van der Waals surface area contributed by atoms with Crippen molar-refractivity contribution in [2.45, 2.75) is 148 Å². The van der Waals surface area contributed by atoms with E-state index in [1.54, 1.807) is 0 Å². The molecule has 0 fully saturated rings. The van der Waals surface area contributed by atoms with Crippen molar-refractivity contribution in [3.63, 3.8) is 0 Å². The van der Waals surface area contributed by atoms with Gasteiger partial charge in [-0.2, -0.15) is 0 Å². The Labute approximate surface area is 261 Å². The van der Waals surface area contributed by atoms with E-state index in [1.807, 2.05) is 38.1 Å². The summed E-state index contributed by atoms with van der Waals surface area (Å²) >= 11 is 0. The summed E-state index contributed by atoms with van der Waals surface area (Å²) in [5.41, 5.74) is 5.68. The van der Waals surface area contributed by atoms with Crippen LogP contribution < -0.4 is 10.9 Å². The molecule has 238 valence electrons. The number of aliphatic hydroxyl groups is 2. The highest BCUT2D eigenvalue weighted by atomic mass is 16.7. The minimum atomic E-state index is -1.53. The number of aliphatic hydroxyl groups excluding tert-OH is 2. The molecule has 43 heavy (non-hydrogen) atoms. The largest absolute Gasteiger partial charge is 0.497 e. The lowest BCUT2D eigenvalue weighted by Crippen LogP contribution is -2.43. The van der Waals surface area contributed by atoms with Crippen molar-refractivity contribution in [1.82, 2.24) is 0 Å². The summed E-state index contributed by atoms with van der Waals surface area (Å²) in [5.74, 6) is 0. The predicted molar refractivity (Wildman–Crippen MR) is 179 cm³/mol. The van der Waals surface area contributed by atoms with Crippen LogP contribution in [0.3, 0.4) is 0 Å². The normalized spacial score (nSPS) is 14.8. The highest BCUT2D eigenvalue weighted by molar-refractivity contribution is 6.61. The first-order chi connectivity index (χ1) is 20.8. The number of unbranched alkanes of at least 4 members (excludes halogenated alkanes) is 10. The summed E-state index contributed by atoms with van der Waals surface area (Å²) in [7, 11) is -2.43. The molecule has 0 saturated heterocycles. The fourth-order valence-electron chi connectivity index (χ4n) is 6.58. The van der Waals surface area contributed by atoms with Gasteiger partial charge in [-0.3, -0.25) is 0 Å². The Bertz CT molecular complexity index is 1070. The molecular formula is C35H56B2O6. The Morgan fingerprint density at radius 3 is 1.47 bits per heavy atom. The van der Waals surface area contributed by atoms with Crippen LogP contribution >= 0.6 is 0 Å². The number of benzene rings is 2. The molecule has 8 heteroatoms. The SMILES string of the molecule is CCCCCCCCC1(CCCCCCCC)c2cc(B(O)O)ccc2-c2ccc(B(OC(O)CC)OC(O)CC)cc21. The lowest BCUT2D eigenvalue weighted by atomic mass is 9.67. The Kier molecular flexibility index (Phi) is 15.3. The Balaban J connectivity index is 2.07. The highest BCUT2D eigenvalue weighted by Gasteiger charge is 2.43. The van der Waals surface area contributed by atoms with E-state index in [-0.39, 0.29) is 5.41 Å². The van der Waals surface area contributed by atoms with E-state index < -0.39 is 26.8 Å². The van der Waals surface area contributed by atoms with Crippen LogP contribution in [-0.4, -0.2) is 47.1 Å². The van der Waals surface area contributed by atoms with Crippen LogP contribution in [0.5, 0.6) is 0 Å². The number of hydrogen-bond donors (Lipinski definition) is 4. The second-order valence-electron chi connectivity index (χ2n) is 12.4. The molecule has 0 aliphatic heterocycles. The second kappa shape index (κ2) is 18.3. The van der Waals surface area contributed by atoms with Gasteiger partial charge in [0.25, 0.3) is 0 Å². The van der Waals surface area contributed by atoms with Crippen molar-refractivity contribution >= 4 is 25.2 Å². The van der Waals surface area contributed by atoms with E-state index in [0.29, 0.717) is 18.3 Å². The molecule has 2 atom stereocenters. The molecular weight excluding hydrogens is 538 g/mol. The highest BCUT2D eigenvalue weighted by Crippen LogP contribution is 2.53. The van der Waals surface area contributed by atoms with Crippen LogP contribution in [0.2, 0.25) is 0 Å². The number of fused-ring (bicyclic) bond motifs is 3. The smallest absolute Gasteiger partial charge is 0.423 e. The van der Waals surface area contributed by atoms with Crippen LogP contribution in [0.25, 0.3) is 11.1 Å². The third-order valence-corrected chi connectivity index (χ3v) is 9.15. The lowest BCUT2D eigenvalue weighted by molar-refractivity contribution is -0.0764. The summed E-state index contributed by atoms with van der Waals surface area (Å²) in [6.07, 6.45) is 15.2. The zero-order valence-electron chi connectivity index (χ0n) is 27.2. The van der Waals surface area contributed by atoms with E-state index in [4.69, 9.17) is 9.31 Å². The number of rotatable bonds is 22. The quantitative estimate of drug-likeness (QED) is 0.0724. The maximum absolute atomic E-state index is 10.4. The van der Waals surface area contributed by atoms with Crippen LogP contribution in [-0.2, 0) is 14.7 Å². The minimum Gasteiger partial charge on any atom is -0.423 e. The first-order valence-corrected chi connectivity index (χ1v) is 17.1. The van der Waals surface area contributed by atoms with Gasteiger partial charge in [0.15, 0.2) is 0 Å². The van der Waals surface area contributed by atoms with Gasteiger partial charge in [0, 0.05) is 5.41 Å². The Morgan fingerprint density at radius 2 is 1.02 bits per heavy atom. The van der Waals surface area contributed by atoms with Gasteiger partial charge in [0.2, 0.25) is 0 Å². The molecule has 0 amide bonds. The van der Waals surface area contributed by atoms with Gasteiger partial charge in [-0.05, 0) is 58.9 Å². The zero-order valence-corrected chi connectivity index (χ0v) is 27.2. The van der Waals surface area contributed by atoms with E-state index in [1.165, 1.54) is 75.3 Å². The van der Waals surface area contributed by atoms with Crippen molar-refractivity contribution in [3.05, 3.63) is 47.5 Å². The summed E-state index contributed by atoms with van der Waals surface area (Å²) in [4.78, 5) is 0. The van der Waals surface area contributed by atoms with Gasteiger partial charge in [-0.15, -0.1) is 0 Å². The second-order valence-corrected chi connectivity index (χ2v) is 12.4. The molecule has 2 aromatic carbocycles. The average Bonchev–Trinajstić information content (AvgIpc) is 3.28. The molecule has 2 aromatic rings. The maximum Gasteiger partial charge on any atom is 0.497 e. The summed E-state index contributed by atoms with van der Waals surface area (Å²) < 4.78 is 11.8. The molecule has 0 spiro atoms. The first kappa shape index (κ1) is 35.8. The summed E-state index contributed by atoms with van der Waals surface area (Å²) in [6.45, 7) is 8.17. The fraction of sp³-hybridized carbons (Fsp3) is 0.657. The van der Waals surface area contributed by atoms with Gasteiger partial charge >= 0.3 is 14.2 Å². The molecule has 6 nitrogen and oxygen atoms in total. The monoisotopic (exact) mass is 594 g/mol. The Hall–Kier alpha value is -1.67. The third-order valence-electron chi connectivity index (χ3n) is 9.15. The minimum absolute atomic E-state index is 0.279. The first-order valence-electron chi connectivity index (χ1n) is 17.1. The van der Waals surface area contributed by atoms with Crippen molar-refractivity contribution < 1.29 is 29.6 Å². The van der Waals surface area contributed by atoms with Gasteiger partial charge in [0.05, 0.1) is 0 Å². The molecule has 0 bridgehead atoms. The summed E-state index contributed by atoms with van der Waals surface area (Å²) in [5, 5.41) is 41.0. The standard InChI is InChI=1S/C35H56B2O6/c1-5-9-11-13-15-17-23-35(24-18-16-14-12-10-6-2)31-25-27(36(40)41)19-21-29(31)30-22-20-28(26-32(30)35)37(42-33(38)7-3)43-34(39)8-4/h19-22,25-26,33-34,38-41H,5-18,23-24H2,1-4H3. The van der Waals surface area contributed by atoms with Crippen LogP contribution in [0.1, 0.15) is 142 Å². The van der Waals surface area contributed by atoms with Crippen molar-refractivity contribution in [2.24, 2.45) is 0 Å². The van der Waals surface area contributed by atoms with Gasteiger partial charge in [-0.25, -0.2) is 0 Å². The molecule has 0 saturated carbocycles. The molecule has 0 aromatic heterocycles. The van der Waals surface area contributed by atoms with Crippen molar-refractivity contribution in [1.29, 1.82) is 0 Å². The molecule has 0 heterocycles. The number of hydrogen-bond acceptors (Lipinski definition) is 6. The molecule has 2 unspecified atom stereocenters. The molecule has 1 aliphatic carbocycles. The zero-order chi connectivity index (χ0) is 31.2. The van der Waals surface area contributed by atoms with Gasteiger partial charge in [-0.1, -0.05) is 141 Å². The maximum atomic E-state index is 10.4.